The highest BCUT2D eigenvalue weighted by Gasteiger charge is 2.79. The highest BCUT2D eigenvalue weighted by Crippen LogP contribution is 2.99. The fourth-order valence-corrected chi connectivity index (χ4v) is 0.656. The molecule has 12 heavy (non-hydrogen) atoms. The summed E-state index contributed by atoms with van der Waals surface area (Å²) in [4.78, 5) is 9.18. The van der Waals surface area contributed by atoms with E-state index in [0.717, 1.165) is 0 Å². The molecule has 0 aromatic heterocycles. The molecule has 0 aliphatic heterocycles. The summed E-state index contributed by atoms with van der Waals surface area (Å²) in [5.41, 5.74) is 0. The predicted molar refractivity (Wildman–Crippen MR) is 24.2 cm³/mol. The number of halogens is 8. The molecule has 0 rings (SSSR count). The van der Waals surface area contributed by atoms with Crippen molar-refractivity contribution in [2.75, 3.05) is 0 Å². The summed E-state index contributed by atoms with van der Waals surface area (Å²) in [7, 11) is -11.1. The molecule has 0 atom stereocenters. The normalized spacial score (nSPS) is 19.7. The number of carbonyl (C=O) groups is 1. The lowest BCUT2D eigenvalue weighted by molar-refractivity contribution is -0.164. The zero-order chi connectivity index (χ0) is 10.5. The molecule has 0 aromatic carbocycles. The van der Waals surface area contributed by atoms with Crippen molar-refractivity contribution in [1.29, 1.82) is 0 Å². The average molecular weight is 224 g/mol. The maximum Gasteiger partial charge on any atom is 0.470 e. The molecule has 0 bridgehead atoms. The second-order valence-electron chi connectivity index (χ2n) is 1.75. The van der Waals surface area contributed by atoms with Gasteiger partial charge in [0.05, 0.1) is 0 Å². The topological polar surface area (TPSA) is 17.1 Å². The Bertz CT molecular complexity index is 215. The van der Waals surface area contributed by atoms with Crippen molar-refractivity contribution in [3.05, 3.63) is 0 Å². The fourth-order valence-electron chi connectivity index (χ4n) is 0.219. The smallest absolute Gasteiger partial charge is 0.267 e. The van der Waals surface area contributed by atoms with E-state index >= 15 is 0 Å². The van der Waals surface area contributed by atoms with Gasteiger partial charge in [-0.1, -0.05) is 19.4 Å². The van der Waals surface area contributed by atoms with Gasteiger partial charge >= 0.3 is 21.5 Å². The fraction of sp³-hybridized carbons (Fsp3) is 0.500. The average Bonchev–Trinajstić information content (AvgIpc) is 1.54. The lowest BCUT2D eigenvalue weighted by Crippen LogP contribution is -2.33. The molecule has 0 aromatic rings. The largest absolute Gasteiger partial charge is 0.470 e. The van der Waals surface area contributed by atoms with E-state index in [1.807, 2.05) is 0 Å². The van der Waals surface area contributed by atoms with Gasteiger partial charge in [0.1, 0.15) is 0 Å². The molecule has 10 heteroatoms. The van der Waals surface area contributed by atoms with Crippen LogP contribution in [-0.2, 0) is 4.79 Å². The summed E-state index contributed by atoms with van der Waals surface area (Å²) in [6, 6.07) is 0. The number of carbonyl (C=O) groups excluding carboxylic acids is 1. The van der Waals surface area contributed by atoms with Gasteiger partial charge in [0.15, 0.2) is 0 Å². The van der Waals surface area contributed by atoms with Crippen LogP contribution in [0.15, 0.2) is 0 Å². The van der Waals surface area contributed by atoms with Crippen LogP contribution in [0.3, 0.4) is 0 Å². The molecule has 0 aliphatic rings. The molecule has 76 valence electrons. The maximum atomic E-state index is 11.0. The van der Waals surface area contributed by atoms with Gasteiger partial charge in [-0.05, 0) is 0 Å². The molecule has 0 N–H and O–H groups in total. The summed E-state index contributed by atoms with van der Waals surface area (Å²) < 4.78 is 87.9. The Hall–Kier alpha value is -0.540. The molecule has 0 saturated carbocycles. The number of hydrogen-bond acceptors (Lipinski definition) is 1. The van der Waals surface area contributed by atoms with Gasteiger partial charge in [-0.15, -0.1) is 0 Å². The molecule has 1 nitrogen and oxygen atoms in total. The molecule has 0 aliphatic carbocycles. The highest BCUT2D eigenvalue weighted by molar-refractivity contribution is 8.56. The Balaban J connectivity index is 5.28. The first-order valence-electron chi connectivity index (χ1n) is 2.00. The monoisotopic (exact) mass is 224 g/mol. The Morgan fingerprint density at radius 2 is 1.17 bits per heavy atom. The summed E-state index contributed by atoms with van der Waals surface area (Å²) in [6.45, 7) is 0. The third-order valence-corrected chi connectivity index (χ3v) is 1.51. The van der Waals surface area contributed by atoms with Gasteiger partial charge in [0.25, 0.3) is 0 Å². The maximum absolute atomic E-state index is 11.1. The highest BCUT2D eigenvalue weighted by atomic mass is 32.5. The summed E-state index contributed by atoms with van der Waals surface area (Å²) in [5, 5.41) is -4.93. The molecule has 0 heterocycles. The second kappa shape index (κ2) is 1.70. The molecule has 0 fully saturated rings. The van der Waals surface area contributed by atoms with Crippen LogP contribution in [-0.4, -0.2) is 11.3 Å². The van der Waals surface area contributed by atoms with E-state index in [1.165, 1.54) is 0 Å². The third-order valence-electron chi connectivity index (χ3n) is 0.582. The Labute approximate surface area is 60.1 Å². The molecular weight excluding hydrogens is 224 g/mol. The van der Waals surface area contributed by atoms with Crippen molar-refractivity contribution in [3.63, 3.8) is 0 Å². The minimum absolute atomic E-state index is 4.93. The van der Waals surface area contributed by atoms with Crippen molar-refractivity contribution >= 4 is 15.3 Å². The van der Waals surface area contributed by atoms with Gasteiger partial charge < -0.3 is 0 Å². The summed E-state index contributed by atoms with van der Waals surface area (Å²) in [5.74, 6) is 0. The van der Waals surface area contributed by atoms with Crippen molar-refractivity contribution in [2.24, 2.45) is 0 Å². The van der Waals surface area contributed by atoms with Crippen molar-refractivity contribution in [1.82, 2.24) is 0 Å². The van der Waals surface area contributed by atoms with Crippen LogP contribution in [0.2, 0.25) is 0 Å². The molecule has 0 saturated heterocycles. The quantitative estimate of drug-likeness (QED) is 0.576. The predicted octanol–water partition coefficient (Wildman–Crippen LogP) is 3.37. The van der Waals surface area contributed by atoms with Gasteiger partial charge in [0.2, 0.25) is 0 Å². The number of rotatable bonds is 0. The molecule has 0 amide bonds. The van der Waals surface area contributed by atoms with Crippen molar-refractivity contribution in [2.45, 2.75) is 6.18 Å². The minimum atomic E-state index is -11.1. The first-order valence-corrected chi connectivity index (χ1v) is 3.95. The van der Waals surface area contributed by atoms with E-state index in [2.05, 4.69) is 0 Å². The van der Waals surface area contributed by atoms with Crippen LogP contribution in [0.5, 0.6) is 0 Å². The van der Waals surface area contributed by atoms with E-state index in [1.54, 1.807) is 0 Å². The second-order valence-corrected chi connectivity index (χ2v) is 4.06. The summed E-state index contributed by atoms with van der Waals surface area (Å²) >= 11 is 0. The van der Waals surface area contributed by atoms with Gasteiger partial charge in [-0.2, -0.15) is 13.2 Å². The summed E-state index contributed by atoms with van der Waals surface area (Å²) in [6.07, 6.45) is -6.59. The van der Waals surface area contributed by atoms with Crippen molar-refractivity contribution < 1.29 is 37.4 Å². The lowest BCUT2D eigenvalue weighted by atomic mass is 10.8. The van der Waals surface area contributed by atoms with E-state index in [4.69, 9.17) is 0 Å². The van der Waals surface area contributed by atoms with Crippen LogP contribution < -0.4 is 0 Å². The van der Waals surface area contributed by atoms with Crippen LogP contribution in [0.4, 0.5) is 32.6 Å². The molecule has 0 unspecified atom stereocenters. The van der Waals surface area contributed by atoms with Crippen LogP contribution in [0, 0.1) is 0 Å². The SMILES string of the molecule is O=C(C(F)(F)F)S(F)(F)(F)(F)F. The van der Waals surface area contributed by atoms with Crippen LogP contribution >= 0.6 is 10.2 Å². The third kappa shape index (κ3) is 2.83. The Morgan fingerprint density at radius 1 is 0.917 bits per heavy atom. The Morgan fingerprint density at radius 3 is 1.17 bits per heavy atom. The van der Waals surface area contributed by atoms with E-state index < -0.39 is 21.5 Å². The number of hydrogen-bond donors (Lipinski definition) is 0. The molecule has 0 radical (unpaired) electrons. The van der Waals surface area contributed by atoms with Gasteiger partial charge in [0, 0.05) is 0 Å². The molecular formula is C2F8OS. The standard InChI is InChI=1S/C2F8OS/c3-2(4,5)1(11)12(6,7,8,9)10. The first kappa shape index (κ1) is 11.5. The van der Waals surface area contributed by atoms with Crippen molar-refractivity contribution in [3.8, 4) is 0 Å². The first-order chi connectivity index (χ1) is 4.64. The Kier molecular flexibility index (Phi) is 1.62. The zero-order valence-corrected chi connectivity index (χ0v) is 5.66. The zero-order valence-electron chi connectivity index (χ0n) is 4.84. The van der Waals surface area contributed by atoms with E-state index in [0.29, 0.717) is 0 Å². The van der Waals surface area contributed by atoms with Gasteiger partial charge in [-0.25, -0.2) is 0 Å². The number of alkyl halides is 3. The van der Waals surface area contributed by atoms with Gasteiger partial charge in [-0.3, -0.25) is 4.79 Å². The van der Waals surface area contributed by atoms with E-state index in [-0.39, 0.29) is 0 Å². The lowest BCUT2D eigenvalue weighted by Gasteiger charge is -2.37. The molecule has 0 spiro atoms. The van der Waals surface area contributed by atoms with E-state index in [9.17, 15) is 37.4 Å². The van der Waals surface area contributed by atoms with Crippen LogP contribution in [0.1, 0.15) is 0 Å². The minimum Gasteiger partial charge on any atom is -0.267 e. The van der Waals surface area contributed by atoms with Crippen LogP contribution in [0.25, 0.3) is 0 Å².